The SMILES string of the molecule is O=C(OCc1ccccc1)C12CC(CN1)C2. The predicted octanol–water partition coefficient (Wildman–Crippen LogP) is 1.48. The fourth-order valence-corrected chi connectivity index (χ4v) is 2.65. The molecule has 3 heteroatoms. The van der Waals surface area contributed by atoms with Crippen LogP contribution in [-0.4, -0.2) is 18.1 Å². The van der Waals surface area contributed by atoms with E-state index in [0.717, 1.165) is 24.9 Å². The van der Waals surface area contributed by atoms with E-state index in [9.17, 15) is 4.79 Å². The lowest BCUT2D eigenvalue weighted by atomic mass is 9.74. The topological polar surface area (TPSA) is 38.3 Å². The van der Waals surface area contributed by atoms with Crippen LogP contribution in [0.15, 0.2) is 30.3 Å². The summed E-state index contributed by atoms with van der Waals surface area (Å²) in [5.74, 6) is 0.620. The summed E-state index contributed by atoms with van der Waals surface area (Å²) in [7, 11) is 0. The third-order valence-electron chi connectivity index (χ3n) is 3.61. The molecule has 3 aliphatic rings. The molecule has 1 saturated carbocycles. The Morgan fingerprint density at radius 3 is 2.75 bits per heavy atom. The van der Waals surface area contributed by atoms with Crippen molar-refractivity contribution in [2.24, 2.45) is 5.92 Å². The third kappa shape index (κ3) is 1.52. The maximum Gasteiger partial charge on any atom is 0.326 e. The van der Waals surface area contributed by atoms with Gasteiger partial charge in [0.05, 0.1) is 0 Å². The van der Waals surface area contributed by atoms with E-state index in [0.29, 0.717) is 12.5 Å². The number of esters is 1. The Kier molecular flexibility index (Phi) is 2.21. The van der Waals surface area contributed by atoms with Crippen LogP contribution in [-0.2, 0) is 16.1 Å². The summed E-state index contributed by atoms with van der Waals surface area (Å²) in [6.07, 6.45) is 1.92. The summed E-state index contributed by atoms with van der Waals surface area (Å²) in [5.41, 5.74) is 0.709. The number of rotatable bonds is 3. The number of benzene rings is 1. The molecular weight excluding hydrogens is 202 g/mol. The standard InChI is InChI=1S/C13H15NO2/c15-12(13-6-11(7-13)8-14-13)16-9-10-4-2-1-3-5-10/h1-5,11,14H,6-9H2. The highest BCUT2D eigenvalue weighted by Gasteiger charge is 2.56. The van der Waals surface area contributed by atoms with Crippen LogP contribution in [0.4, 0.5) is 0 Å². The lowest BCUT2D eigenvalue weighted by Crippen LogP contribution is -2.51. The smallest absolute Gasteiger partial charge is 0.326 e. The average Bonchev–Trinajstić information content (AvgIpc) is 2.87. The van der Waals surface area contributed by atoms with E-state index in [1.807, 2.05) is 30.3 Å². The van der Waals surface area contributed by atoms with Crippen molar-refractivity contribution in [2.45, 2.75) is 25.0 Å². The number of carbonyl (C=O) groups excluding carboxylic acids is 1. The molecule has 0 unspecified atom stereocenters. The molecule has 1 aromatic carbocycles. The molecule has 0 amide bonds. The Morgan fingerprint density at radius 2 is 2.12 bits per heavy atom. The Balaban J connectivity index is 1.58. The van der Waals surface area contributed by atoms with Crippen LogP contribution in [0.3, 0.4) is 0 Å². The predicted molar refractivity (Wildman–Crippen MR) is 59.7 cm³/mol. The van der Waals surface area contributed by atoms with E-state index in [1.54, 1.807) is 0 Å². The first kappa shape index (κ1) is 9.85. The summed E-state index contributed by atoms with van der Waals surface area (Å²) in [4.78, 5) is 11.9. The number of ether oxygens (including phenoxy) is 1. The zero-order valence-corrected chi connectivity index (χ0v) is 9.11. The molecule has 0 spiro atoms. The van der Waals surface area contributed by atoms with Gasteiger partial charge in [0.1, 0.15) is 12.1 Å². The maximum atomic E-state index is 11.9. The Bertz CT molecular complexity index is 390. The molecule has 2 saturated heterocycles. The van der Waals surface area contributed by atoms with Crippen LogP contribution < -0.4 is 5.32 Å². The first-order valence-electron chi connectivity index (χ1n) is 5.75. The normalized spacial score (nSPS) is 30.9. The first-order valence-corrected chi connectivity index (χ1v) is 5.75. The number of hydrogen-bond donors (Lipinski definition) is 1. The highest BCUT2D eigenvalue weighted by atomic mass is 16.5. The first-order chi connectivity index (χ1) is 7.78. The van der Waals surface area contributed by atoms with Gasteiger partial charge in [0.15, 0.2) is 0 Å². The van der Waals surface area contributed by atoms with Crippen LogP contribution in [0.25, 0.3) is 0 Å². The monoisotopic (exact) mass is 217 g/mol. The van der Waals surface area contributed by atoms with Crippen LogP contribution in [0.5, 0.6) is 0 Å². The summed E-state index contributed by atoms with van der Waals surface area (Å²) in [6.45, 7) is 1.36. The average molecular weight is 217 g/mol. The van der Waals surface area contributed by atoms with Gasteiger partial charge in [-0.05, 0) is 30.9 Å². The highest BCUT2D eigenvalue weighted by Crippen LogP contribution is 2.44. The van der Waals surface area contributed by atoms with Crippen LogP contribution in [0.2, 0.25) is 0 Å². The van der Waals surface area contributed by atoms with Crippen LogP contribution in [0.1, 0.15) is 18.4 Å². The van der Waals surface area contributed by atoms with Crippen molar-refractivity contribution in [1.29, 1.82) is 0 Å². The van der Waals surface area contributed by atoms with Gasteiger partial charge in [0.25, 0.3) is 0 Å². The quantitative estimate of drug-likeness (QED) is 0.779. The van der Waals surface area contributed by atoms with Gasteiger partial charge in [0.2, 0.25) is 0 Å². The third-order valence-corrected chi connectivity index (χ3v) is 3.61. The molecule has 84 valence electrons. The van der Waals surface area contributed by atoms with E-state index < -0.39 is 0 Å². The lowest BCUT2D eigenvalue weighted by molar-refractivity contribution is -0.155. The second-order valence-corrected chi connectivity index (χ2v) is 4.80. The minimum Gasteiger partial charge on any atom is -0.459 e. The molecule has 1 N–H and O–H groups in total. The van der Waals surface area contributed by atoms with E-state index in [1.165, 1.54) is 0 Å². The van der Waals surface area contributed by atoms with E-state index in [-0.39, 0.29) is 11.5 Å². The highest BCUT2D eigenvalue weighted by molar-refractivity contribution is 5.83. The van der Waals surface area contributed by atoms with Crippen LogP contribution in [0, 0.1) is 5.92 Å². The number of hydrogen-bond acceptors (Lipinski definition) is 3. The van der Waals surface area contributed by atoms with Crippen molar-refractivity contribution < 1.29 is 9.53 Å². The molecular formula is C13H15NO2. The molecule has 3 nitrogen and oxygen atoms in total. The van der Waals surface area contributed by atoms with Gasteiger partial charge >= 0.3 is 5.97 Å². The van der Waals surface area contributed by atoms with Gasteiger partial charge in [-0.25, -0.2) is 0 Å². The Labute approximate surface area is 94.8 Å². The van der Waals surface area contributed by atoms with E-state index >= 15 is 0 Å². The molecule has 2 bridgehead atoms. The van der Waals surface area contributed by atoms with Gasteiger partial charge in [-0.15, -0.1) is 0 Å². The van der Waals surface area contributed by atoms with Gasteiger partial charge in [0, 0.05) is 0 Å². The molecule has 4 rings (SSSR count). The maximum absolute atomic E-state index is 11.9. The minimum atomic E-state index is -0.334. The lowest BCUT2D eigenvalue weighted by Gasteiger charge is -2.34. The van der Waals surface area contributed by atoms with E-state index in [2.05, 4.69) is 5.32 Å². The summed E-state index contributed by atoms with van der Waals surface area (Å²) >= 11 is 0. The number of carbonyl (C=O) groups is 1. The van der Waals surface area contributed by atoms with Gasteiger partial charge in [-0.1, -0.05) is 30.3 Å². The zero-order valence-electron chi connectivity index (χ0n) is 9.11. The molecule has 2 heterocycles. The molecule has 0 radical (unpaired) electrons. The fourth-order valence-electron chi connectivity index (χ4n) is 2.65. The Hall–Kier alpha value is -1.35. The van der Waals surface area contributed by atoms with Gasteiger partial charge < -0.3 is 10.1 Å². The van der Waals surface area contributed by atoms with Gasteiger partial charge in [-0.2, -0.15) is 0 Å². The molecule has 1 aromatic rings. The minimum absolute atomic E-state index is 0.0786. The van der Waals surface area contributed by atoms with Crippen molar-refractivity contribution in [3.63, 3.8) is 0 Å². The van der Waals surface area contributed by atoms with Gasteiger partial charge in [-0.3, -0.25) is 4.79 Å². The molecule has 0 atom stereocenters. The molecule has 3 fully saturated rings. The largest absolute Gasteiger partial charge is 0.459 e. The van der Waals surface area contributed by atoms with Crippen molar-refractivity contribution in [2.75, 3.05) is 6.54 Å². The summed E-state index contributed by atoms with van der Waals surface area (Å²) < 4.78 is 5.35. The van der Waals surface area contributed by atoms with Crippen molar-refractivity contribution in [1.82, 2.24) is 5.32 Å². The van der Waals surface area contributed by atoms with E-state index in [4.69, 9.17) is 4.74 Å². The summed E-state index contributed by atoms with van der Waals surface area (Å²) in [6, 6.07) is 9.80. The zero-order chi connectivity index (χ0) is 11.0. The second kappa shape index (κ2) is 3.59. The number of nitrogens with one attached hydrogen (secondary N) is 1. The van der Waals surface area contributed by atoms with Crippen molar-refractivity contribution in [3.8, 4) is 0 Å². The molecule has 0 aromatic heterocycles. The summed E-state index contributed by atoms with van der Waals surface area (Å²) in [5, 5.41) is 3.27. The molecule has 16 heavy (non-hydrogen) atoms. The molecule has 1 aliphatic carbocycles. The van der Waals surface area contributed by atoms with Crippen molar-refractivity contribution >= 4 is 5.97 Å². The van der Waals surface area contributed by atoms with Crippen molar-refractivity contribution in [3.05, 3.63) is 35.9 Å². The Morgan fingerprint density at radius 1 is 1.38 bits per heavy atom. The molecule has 2 aliphatic heterocycles. The van der Waals surface area contributed by atoms with Crippen LogP contribution >= 0.6 is 0 Å². The second-order valence-electron chi connectivity index (χ2n) is 4.80. The fraction of sp³-hybridized carbons (Fsp3) is 0.462. The number of fused-ring (bicyclic) bond motifs is 1.